The number of benzene rings is 2. The minimum absolute atomic E-state index is 0.0138. The highest BCUT2D eigenvalue weighted by molar-refractivity contribution is 5.88. The maximum absolute atomic E-state index is 12.6. The van der Waals surface area contributed by atoms with Crippen LogP contribution in [0.3, 0.4) is 0 Å². The number of rotatable bonds is 7. The molecule has 0 atom stereocenters. The number of hydrogen-bond donors (Lipinski definition) is 1. The van der Waals surface area contributed by atoms with Gasteiger partial charge in [0.15, 0.2) is 6.61 Å². The summed E-state index contributed by atoms with van der Waals surface area (Å²) < 4.78 is 10.6. The number of carbonyl (C=O) groups is 3. The molecule has 3 aliphatic rings. The number of nitrogens with zero attached hydrogens (tertiary/aromatic N) is 1. The van der Waals surface area contributed by atoms with Crippen molar-refractivity contribution in [2.75, 3.05) is 26.8 Å². The Balaban J connectivity index is 1.01. The van der Waals surface area contributed by atoms with Crippen molar-refractivity contribution in [3.8, 4) is 5.75 Å². The molecule has 5 rings (SSSR count). The highest BCUT2D eigenvalue weighted by Crippen LogP contribution is 2.53. The van der Waals surface area contributed by atoms with Crippen LogP contribution in [0.15, 0.2) is 42.5 Å². The SMILES string of the molecule is COC(=O)C1CC(NC(=O)CC2CC3(C2)CN(C(=O)COc2cccc4ccccc24)C3)C1. The predicted molar refractivity (Wildman–Crippen MR) is 122 cm³/mol. The van der Waals surface area contributed by atoms with Crippen molar-refractivity contribution >= 4 is 28.6 Å². The summed E-state index contributed by atoms with van der Waals surface area (Å²) in [5.74, 6) is 0.934. The lowest BCUT2D eigenvalue weighted by Crippen LogP contribution is -2.64. The molecule has 1 heterocycles. The third-order valence-electron chi connectivity index (χ3n) is 7.46. The fourth-order valence-corrected chi connectivity index (χ4v) is 5.70. The molecule has 1 aliphatic heterocycles. The number of ether oxygens (including phenoxy) is 2. The number of methoxy groups -OCH3 is 1. The number of fused-ring (bicyclic) bond motifs is 1. The van der Waals surface area contributed by atoms with Gasteiger partial charge in [-0.3, -0.25) is 14.4 Å². The van der Waals surface area contributed by atoms with Crippen LogP contribution >= 0.6 is 0 Å². The molecule has 3 fully saturated rings. The van der Waals surface area contributed by atoms with Gasteiger partial charge in [0, 0.05) is 36.4 Å². The van der Waals surface area contributed by atoms with Crippen LogP contribution in [0.5, 0.6) is 5.75 Å². The molecule has 0 unspecified atom stereocenters. The standard InChI is InChI=1S/C26H30N2O5/c1-32-25(31)19-10-20(11-19)27-23(29)9-17-12-26(13-17)15-28(16-26)24(30)14-33-22-8-4-6-18-5-2-3-7-21(18)22/h2-8,17,19-20H,9-16H2,1H3,(H,27,29). The van der Waals surface area contributed by atoms with Crippen molar-refractivity contribution in [1.29, 1.82) is 0 Å². The van der Waals surface area contributed by atoms with E-state index in [0.29, 0.717) is 25.2 Å². The third kappa shape index (κ3) is 4.41. The first-order valence-corrected chi connectivity index (χ1v) is 11.7. The van der Waals surface area contributed by atoms with Crippen LogP contribution in [0.4, 0.5) is 0 Å². The van der Waals surface area contributed by atoms with Crippen LogP contribution < -0.4 is 10.1 Å². The quantitative estimate of drug-likeness (QED) is 0.656. The number of amides is 2. The van der Waals surface area contributed by atoms with Gasteiger partial charge in [-0.25, -0.2) is 0 Å². The normalized spacial score (nSPS) is 23.2. The molecule has 7 nitrogen and oxygen atoms in total. The summed E-state index contributed by atoms with van der Waals surface area (Å²) in [7, 11) is 1.40. The van der Waals surface area contributed by atoms with Gasteiger partial charge in [0.05, 0.1) is 13.0 Å². The van der Waals surface area contributed by atoms with Gasteiger partial charge >= 0.3 is 5.97 Å². The summed E-state index contributed by atoms with van der Waals surface area (Å²) >= 11 is 0. The Hall–Kier alpha value is -3.09. The fraction of sp³-hybridized carbons (Fsp3) is 0.500. The van der Waals surface area contributed by atoms with Gasteiger partial charge in [0.25, 0.3) is 5.91 Å². The molecule has 2 saturated carbocycles. The van der Waals surface area contributed by atoms with Crippen molar-refractivity contribution in [1.82, 2.24) is 10.2 Å². The molecule has 2 aliphatic carbocycles. The van der Waals surface area contributed by atoms with E-state index in [1.807, 2.05) is 47.4 Å². The lowest BCUT2D eigenvalue weighted by Gasteiger charge is -2.59. The Bertz CT molecular complexity index is 1060. The average molecular weight is 451 g/mol. The van der Waals surface area contributed by atoms with Crippen LogP contribution in [0.2, 0.25) is 0 Å². The van der Waals surface area contributed by atoms with E-state index in [-0.39, 0.29) is 41.8 Å². The van der Waals surface area contributed by atoms with E-state index >= 15 is 0 Å². The number of likely N-dealkylation sites (tertiary alicyclic amines) is 1. The number of hydrogen-bond acceptors (Lipinski definition) is 5. The Morgan fingerprint density at radius 3 is 2.55 bits per heavy atom. The highest BCUT2D eigenvalue weighted by Gasteiger charge is 2.53. The fourth-order valence-electron chi connectivity index (χ4n) is 5.70. The molecule has 0 radical (unpaired) electrons. The van der Waals surface area contributed by atoms with Crippen LogP contribution in [0, 0.1) is 17.3 Å². The lowest BCUT2D eigenvalue weighted by atomic mass is 9.57. The first-order valence-electron chi connectivity index (χ1n) is 11.7. The van der Waals surface area contributed by atoms with Crippen LogP contribution in [0.25, 0.3) is 10.8 Å². The number of carbonyl (C=O) groups excluding carboxylic acids is 3. The van der Waals surface area contributed by atoms with Gasteiger partial charge in [-0.15, -0.1) is 0 Å². The van der Waals surface area contributed by atoms with Gasteiger partial charge in [0.2, 0.25) is 5.91 Å². The predicted octanol–water partition coefficient (Wildman–Crippen LogP) is 2.92. The second-order valence-electron chi connectivity index (χ2n) is 9.95. The van der Waals surface area contributed by atoms with E-state index in [9.17, 15) is 14.4 Å². The van der Waals surface area contributed by atoms with Crippen molar-refractivity contribution in [2.24, 2.45) is 17.3 Å². The monoisotopic (exact) mass is 450 g/mol. The molecule has 2 amide bonds. The maximum Gasteiger partial charge on any atom is 0.308 e. The summed E-state index contributed by atoms with van der Waals surface area (Å²) in [6, 6.07) is 13.9. The van der Waals surface area contributed by atoms with Gasteiger partial charge in [-0.2, -0.15) is 0 Å². The minimum atomic E-state index is -0.187. The molecule has 1 N–H and O–H groups in total. The molecule has 0 bridgehead atoms. The van der Waals surface area contributed by atoms with E-state index in [1.165, 1.54) is 7.11 Å². The minimum Gasteiger partial charge on any atom is -0.483 e. The molecule has 33 heavy (non-hydrogen) atoms. The van der Waals surface area contributed by atoms with E-state index < -0.39 is 0 Å². The lowest BCUT2D eigenvalue weighted by molar-refractivity contribution is -0.158. The molecule has 7 heteroatoms. The van der Waals surface area contributed by atoms with Crippen LogP contribution in [0.1, 0.15) is 32.1 Å². The third-order valence-corrected chi connectivity index (χ3v) is 7.46. The number of esters is 1. The zero-order chi connectivity index (χ0) is 23.0. The van der Waals surface area contributed by atoms with Gasteiger partial charge < -0.3 is 19.7 Å². The zero-order valence-corrected chi connectivity index (χ0v) is 18.9. The summed E-state index contributed by atoms with van der Waals surface area (Å²) in [5.41, 5.74) is 0.187. The van der Waals surface area contributed by atoms with E-state index in [4.69, 9.17) is 9.47 Å². The van der Waals surface area contributed by atoms with E-state index in [2.05, 4.69) is 5.32 Å². The summed E-state index contributed by atoms with van der Waals surface area (Å²) in [5, 5.41) is 5.13. The van der Waals surface area contributed by atoms with Gasteiger partial charge in [0.1, 0.15) is 5.75 Å². The largest absolute Gasteiger partial charge is 0.483 e. The highest BCUT2D eigenvalue weighted by atomic mass is 16.5. The number of nitrogens with one attached hydrogen (secondary N) is 1. The molecular weight excluding hydrogens is 420 g/mol. The zero-order valence-electron chi connectivity index (χ0n) is 18.9. The Morgan fingerprint density at radius 2 is 1.79 bits per heavy atom. The van der Waals surface area contributed by atoms with Crippen molar-refractivity contribution in [3.63, 3.8) is 0 Å². The van der Waals surface area contributed by atoms with Crippen molar-refractivity contribution in [3.05, 3.63) is 42.5 Å². The van der Waals surface area contributed by atoms with Crippen LogP contribution in [-0.4, -0.2) is 55.5 Å². The van der Waals surface area contributed by atoms with E-state index in [0.717, 1.165) is 42.5 Å². The molecule has 2 aromatic carbocycles. The second-order valence-corrected chi connectivity index (χ2v) is 9.95. The first kappa shape index (κ1) is 21.7. The maximum atomic E-state index is 12.6. The Labute approximate surface area is 193 Å². The molecule has 1 saturated heterocycles. The molecular formula is C26H30N2O5. The van der Waals surface area contributed by atoms with Crippen molar-refractivity contribution < 1.29 is 23.9 Å². The first-order chi connectivity index (χ1) is 15.9. The van der Waals surface area contributed by atoms with E-state index in [1.54, 1.807) is 0 Å². The second kappa shape index (κ2) is 8.69. The smallest absolute Gasteiger partial charge is 0.308 e. The average Bonchev–Trinajstić information content (AvgIpc) is 2.74. The van der Waals surface area contributed by atoms with Gasteiger partial charge in [-0.05, 0) is 43.1 Å². The summed E-state index contributed by atoms with van der Waals surface area (Å²) in [4.78, 5) is 38.2. The summed E-state index contributed by atoms with van der Waals surface area (Å²) in [6.07, 6.45) is 3.85. The Morgan fingerprint density at radius 1 is 1.06 bits per heavy atom. The molecule has 174 valence electrons. The Kier molecular flexibility index (Phi) is 5.72. The van der Waals surface area contributed by atoms with Crippen LogP contribution in [-0.2, 0) is 19.1 Å². The van der Waals surface area contributed by atoms with Crippen molar-refractivity contribution in [2.45, 2.75) is 38.1 Å². The summed E-state index contributed by atoms with van der Waals surface area (Å²) in [6.45, 7) is 1.56. The molecule has 1 spiro atoms. The van der Waals surface area contributed by atoms with Gasteiger partial charge in [-0.1, -0.05) is 36.4 Å². The molecule has 0 aromatic heterocycles. The molecule has 2 aromatic rings. The topological polar surface area (TPSA) is 84.9 Å².